The third-order valence-electron chi connectivity index (χ3n) is 5.68. The molecule has 1 unspecified atom stereocenters. The zero-order chi connectivity index (χ0) is 17.8. The van der Waals surface area contributed by atoms with Gasteiger partial charge in [-0.05, 0) is 48.1 Å². The molecule has 2 fully saturated rings. The van der Waals surface area contributed by atoms with Crippen LogP contribution in [0.2, 0.25) is 0 Å². The Morgan fingerprint density at radius 2 is 2.08 bits per heavy atom. The van der Waals surface area contributed by atoms with Crippen molar-refractivity contribution in [3.8, 4) is 0 Å². The molecule has 2 atom stereocenters. The fourth-order valence-electron chi connectivity index (χ4n) is 3.99. The topological polar surface area (TPSA) is 46.9 Å². The Balaban J connectivity index is 1.59. The number of rotatable bonds is 5. The summed E-state index contributed by atoms with van der Waals surface area (Å²) in [5, 5.41) is 6.53. The highest BCUT2D eigenvalue weighted by atomic mass is 19.3. The van der Waals surface area contributed by atoms with Gasteiger partial charge in [0.25, 0.3) is 12.3 Å². The first-order valence-corrected chi connectivity index (χ1v) is 8.62. The van der Waals surface area contributed by atoms with Crippen LogP contribution in [0, 0.1) is 11.3 Å². The minimum absolute atomic E-state index is 0.0759. The van der Waals surface area contributed by atoms with Crippen LogP contribution in [0.5, 0.6) is 0 Å². The highest BCUT2D eigenvalue weighted by Gasteiger charge is 2.59. The van der Waals surface area contributed by atoms with E-state index in [2.05, 4.69) is 17.3 Å². The first-order chi connectivity index (χ1) is 11.9. The molecule has 132 valence electrons. The minimum atomic E-state index is -2.78. The summed E-state index contributed by atoms with van der Waals surface area (Å²) in [6, 6.07) is 7.70. The fourth-order valence-corrected chi connectivity index (χ4v) is 3.99. The van der Waals surface area contributed by atoms with E-state index in [9.17, 15) is 13.6 Å². The van der Waals surface area contributed by atoms with Crippen molar-refractivity contribution in [1.29, 1.82) is 0 Å². The summed E-state index contributed by atoms with van der Waals surface area (Å²) in [6.45, 7) is 2.31. The van der Waals surface area contributed by atoms with E-state index < -0.39 is 18.0 Å². The Hall–Kier alpha value is -2.24. The number of halogens is 2. The third-order valence-corrected chi connectivity index (χ3v) is 5.68. The Labute approximate surface area is 145 Å². The maximum absolute atomic E-state index is 13.1. The van der Waals surface area contributed by atoms with Gasteiger partial charge in [0.2, 0.25) is 0 Å². The molecule has 0 saturated heterocycles. The lowest BCUT2D eigenvalue weighted by atomic mass is 9.95. The summed E-state index contributed by atoms with van der Waals surface area (Å²) < 4.78 is 27.4. The van der Waals surface area contributed by atoms with E-state index in [0.29, 0.717) is 17.0 Å². The number of hydrogen-bond acceptors (Lipinski definition) is 2. The van der Waals surface area contributed by atoms with E-state index in [1.54, 1.807) is 0 Å². The summed E-state index contributed by atoms with van der Waals surface area (Å²) in [4.78, 5) is 12.6. The first-order valence-electron chi connectivity index (χ1n) is 8.62. The van der Waals surface area contributed by atoms with Gasteiger partial charge in [0, 0.05) is 18.9 Å². The monoisotopic (exact) mass is 345 g/mol. The second-order valence-corrected chi connectivity index (χ2v) is 7.48. The average molecular weight is 345 g/mol. The van der Waals surface area contributed by atoms with Crippen LogP contribution in [0.3, 0.4) is 0 Å². The van der Waals surface area contributed by atoms with Gasteiger partial charge in [-0.3, -0.25) is 9.48 Å². The molecule has 1 heterocycles. The van der Waals surface area contributed by atoms with Gasteiger partial charge in [0.15, 0.2) is 0 Å². The number of amides is 1. The number of carbonyl (C=O) groups is 1. The second-order valence-electron chi connectivity index (χ2n) is 7.48. The van der Waals surface area contributed by atoms with Crippen molar-refractivity contribution in [2.45, 2.75) is 38.5 Å². The molecule has 1 N–H and O–H groups in total. The molecule has 0 spiro atoms. The van der Waals surface area contributed by atoms with Crippen LogP contribution in [-0.2, 0) is 7.05 Å². The van der Waals surface area contributed by atoms with Crippen LogP contribution >= 0.6 is 0 Å². The van der Waals surface area contributed by atoms with Crippen molar-refractivity contribution < 1.29 is 13.6 Å². The van der Waals surface area contributed by atoms with Gasteiger partial charge in [-0.15, -0.1) is 0 Å². The van der Waals surface area contributed by atoms with E-state index >= 15 is 0 Å². The van der Waals surface area contributed by atoms with Crippen molar-refractivity contribution in [3.63, 3.8) is 0 Å². The average Bonchev–Trinajstić information content (AvgIpc) is 3.47. The molecule has 1 amide bonds. The predicted molar refractivity (Wildman–Crippen MR) is 90.7 cm³/mol. The van der Waals surface area contributed by atoms with Crippen molar-refractivity contribution >= 4 is 11.6 Å². The van der Waals surface area contributed by atoms with Crippen molar-refractivity contribution in [2.75, 3.05) is 5.32 Å². The van der Waals surface area contributed by atoms with E-state index in [-0.39, 0.29) is 5.56 Å². The zero-order valence-corrected chi connectivity index (χ0v) is 14.3. The molecule has 4 nitrogen and oxygen atoms in total. The number of para-hydroxylation sites is 1. The second kappa shape index (κ2) is 5.64. The Morgan fingerprint density at radius 1 is 1.36 bits per heavy atom. The van der Waals surface area contributed by atoms with Gasteiger partial charge in [-0.25, -0.2) is 8.78 Å². The molecule has 0 aliphatic heterocycles. The molecule has 4 rings (SSSR count). The van der Waals surface area contributed by atoms with E-state index in [0.717, 1.165) is 17.9 Å². The third kappa shape index (κ3) is 2.83. The number of anilines is 1. The van der Waals surface area contributed by atoms with Gasteiger partial charge in [0.1, 0.15) is 5.69 Å². The van der Waals surface area contributed by atoms with Gasteiger partial charge in [0.05, 0.1) is 5.56 Å². The summed E-state index contributed by atoms with van der Waals surface area (Å²) in [7, 11) is 1.53. The molecule has 2 aromatic rings. The summed E-state index contributed by atoms with van der Waals surface area (Å²) in [5.74, 6) is 0.676. The largest absolute Gasteiger partial charge is 0.322 e. The first kappa shape index (κ1) is 16.2. The summed E-state index contributed by atoms with van der Waals surface area (Å²) >= 11 is 0. The van der Waals surface area contributed by atoms with Gasteiger partial charge < -0.3 is 5.32 Å². The number of nitrogens with one attached hydrogen (secondary N) is 1. The Morgan fingerprint density at radius 3 is 2.76 bits per heavy atom. The fraction of sp³-hybridized carbons (Fsp3) is 0.474. The SMILES string of the molecule is Cn1cc(C(=O)Nc2ccccc2C2C[C@]2(C)C2CC2)c(C(F)F)n1. The molecule has 1 aromatic carbocycles. The lowest BCUT2D eigenvalue weighted by Gasteiger charge is -2.14. The van der Waals surface area contributed by atoms with Crippen molar-refractivity contribution in [1.82, 2.24) is 9.78 Å². The van der Waals surface area contributed by atoms with Crippen LogP contribution in [0.25, 0.3) is 0 Å². The molecule has 6 heteroatoms. The molecular weight excluding hydrogens is 324 g/mol. The van der Waals surface area contributed by atoms with E-state index in [1.807, 2.05) is 24.3 Å². The minimum Gasteiger partial charge on any atom is -0.322 e. The van der Waals surface area contributed by atoms with Gasteiger partial charge in [-0.2, -0.15) is 5.10 Å². The van der Waals surface area contributed by atoms with Crippen LogP contribution < -0.4 is 5.32 Å². The molecule has 2 saturated carbocycles. The van der Waals surface area contributed by atoms with Gasteiger partial charge in [-0.1, -0.05) is 25.1 Å². The van der Waals surface area contributed by atoms with Crippen LogP contribution in [0.15, 0.2) is 30.5 Å². The van der Waals surface area contributed by atoms with Crippen LogP contribution in [-0.4, -0.2) is 15.7 Å². The molecule has 2 aliphatic rings. The molecule has 2 aliphatic carbocycles. The lowest BCUT2D eigenvalue weighted by Crippen LogP contribution is -2.15. The molecule has 1 aromatic heterocycles. The summed E-state index contributed by atoms with van der Waals surface area (Å²) in [6.07, 6.45) is 2.26. The normalized spacial score (nSPS) is 25.2. The molecule has 25 heavy (non-hydrogen) atoms. The quantitative estimate of drug-likeness (QED) is 0.866. The van der Waals surface area contributed by atoms with Crippen LogP contribution in [0.1, 0.15) is 60.1 Å². The summed E-state index contributed by atoms with van der Waals surface area (Å²) in [5.41, 5.74) is 1.59. The number of aryl methyl sites for hydroxylation is 1. The molecule has 0 bridgehead atoms. The Bertz CT molecular complexity index is 828. The lowest BCUT2D eigenvalue weighted by molar-refractivity contribution is 0.101. The Kier molecular flexibility index (Phi) is 3.67. The highest BCUT2D eigenvalue weighted by molar-refractivity contribution is 6.05. The molecular formula is C19H21F2N3O. The number of hydrogen-bond donors (Lipinski definition) is 1. The van der Waals surface area contributed by atoms with Crippen molar-refractivity contribution in [3.05, 3.63) is 47.3 Å². The zero-order valence-electron chi connectivity index (χ0n) is 14.3. The number of aromatic nitrogens is 2. The van der Waals surface area contributed by atoms with Gasteiger partial charge >= 0.3 is 0 Å². The molecule has 0 radical (unpaired) electrons. The smallest absolute Gasteiger partial charge is 0.282 e. The maximum atomic E-state index is 13.1. The number of benzene rings is 1. The number of carbonyl (C=O) groups excluding carboxylic acids is 1. The predicted octanol–water partition coefficient (Wildman–Crippen LogP) is 4.51. The van der Waals surface area contributed by atoms with Crippen LogP contribution in [0.4, 0.5) is 14.5 Å². The maximum Gasteiger partial charge on any atom is 0.282 e. The van der Waals surface area contributed by atoms with E-state index in [1.165, 1.54) is 30.8 Å². The van der Waals surface area contributed by atoms with Crippen molar-refractivity contribution in [2.24, 2.45) is 18.4 Å². The van der Waals surface area contributed by atoms with E-state index in [4.69, 9.17) is 0 Å². The standard InChI is InChI=1S/C19H21F2N3O/c1-19(11-7-8-11)9-14(19)12-5-3-4-6-15(12)22-18(25)13-10-24(2)23-16(13)17(20)21/h3-6,10-11,14,17H,7-9H2,1-2H3,(H,22,25)/t14?,19-/m1/s1. The highest BCUT2D eigenvalue weighted by Crippen LogP contribution is 2.70. The number of alkyl halides is 2. The number of nitrogens with zero attached hydrogens (tertiary/aromatic N) is 2.